The molecule has 0 saturated carbocycles. The zero-order valence-electron chi connectivity index (χ0n) is 11.6. The van der Waals surface area contributed by atoms with Crippen LogP contribution >= 0.6 is 23.2 Å². The van der Waals surface area contributed by atoms with Crippen LogP contribution in [-0.2, 0) is 11.2 Å². The Morgan fingerprint density at radius 2 is 2.25 bits per heavy atom. The molecule has 1 saturated heterocycles. The van der Waals surface area contributed by atoms with Crippen molar-refractivity contribution < 1.29 is 4.79 Å². The summed E-state index contributed by atoms with van der Waals surface area (Å²) in [5.74, 6) is 0.488. The summed E-state index contributed by atoms with van der Waals surface area (Å²) < 4.78 is 0. The van der Waals surface area contributed by atoms with Crippen LogP contribution in [0.5, 0.6) is 0 Å². The molecule has 1 aliphatic heterocycles. The molecule has 20 heavy (non-hydrogen) atoms. The zero-order valence-corrected chi connectivity index (χ0v) is 13.1. The highest BCUT2D eigenvalue weighted by Crippen LogP contribution is 2.23. The van der Waals surface area contributed by atoms with E-state index in [1.165, 1.54) is 0 Å². The van der Waals surface area contributed by atoms with Crippen LogP contribution in [0.2, 0.25) is 10.0 Å². The highest BCUT2D eigenvalue weighted by Gasteiger charge is 2.26. The van der Waals surface area contributed by atoms with Crippen molar-refractivity contribution >= 4 is 29.1 Å². The Hall–Kier alpha value is -0.770. The third kappa shape index (κ3) is 3.87. The van der Waals surface area contributed by atoms with E-state index < -0.39 is 0 Å². The fourth-order valence-corrected chi connectivity index (χ4v) is 3.00. The summed E-state index contributed by atoms with van der Waals surface area (Å²) >= 11 is 12.1. The van der Waals surface area contributed by atoms with Crippen molar-refractivity contribution in [2.75, 3.05) is 13.1 Å². The number of piperidine rings is 1. The molecule has 0 aliphatic carbocycles. The molecule has 2 rings (SSSR count). The standard InChI is InChI=1S/C15H20Cl2N2O/c1-10(18)11-3-2-6-19(9-11)15(20)8-12-7-13(16)4-5-14(12)17/h4-5,7,10-11H,2-3,6,8-9,18H2,1H3/t10-,11-/m0/s1. The van der Waals surface area contributed by atoms with Gasteiger partial charge in [-0.25, -0.2) is 0 Å². The Bertz CT molecular complexity index is 491. The fourth-order valence-electron chi connectivity index (χ4n) is 2.62. The third-order valence-electron chi connectivity index (χ3n) is 3.90. The SMILES string of the molecule is C[C@H](N)[C@H]1CCCN(C(=O)Cc2cc(Cl)ccc2Cl)C1. The topological polar surface area (TPSA) is 46.3 Å². The molecule has 1 amide bonds. The number of nitrogens with zero attached hydrogens (tertiary/aromatic N) is 1. The van der Waals surface area contributed by atoms with E-state index in [9.17, 15) is 4.79 Å². The minimum absolute atomic E-state index is 0.0968. The number of hydrogen-bond donors (Lipinski definition) is 1. The summed E-state index contributed by atoms with van der Waals surface area (Å²) in [4.78, 5) is 14.3. The van der Waals surface area contributed by atoms with E-state index in [-0.39, 0.29) is 11.9 Å². The van der Waals surface area contributed by atoms with Gasteiger partial charge in [0.05, 0.1) is 6.42 Å². The van der Waals surface area contributed by atoms with Crippen molar-refractivity contribution in [1.29, 1.82) is 0 Å². The van der Waals surface area contributed by atoms with Crippen LogP contribution in [0.3, 0.4) is 0 Å². The van der Waals surface area contributed by atoms with Crippen LogP contribution in [0.15, 0.2) is 18.2 Å². The van der Waals surface area contributed by atoms with Gasteiger partial charge >= 0.3 is 0 Å². The van der Waals surface area contributed by atoms with E-state index in [1.54, 1.807) is 18.2 Å². The van der Waals surface area contributed by atoms with E-state index in [2.05, 4.69) is 0 Å². The Labute approximate surface area is 130 Å². The molecule has 110 valence electrons. The largest absolute Gasteiger partial charge is 0.342 e. The molecule has 2 N–H and O–H groups in total. The summed E-state index contributed by atoms with van der Waals surface area (Å²) in [7, 11) is 0. The molecule has 0 aromatic heterocycles. The third-order valence-corrected chi connectivity index (χ3v) is 4.51. The van der Waals surface area contributed by atoms with Crippen LogP contribution in [0.25, 0.3) is 0 Å². The second-order valence-corrected chi connectivity index (χ2v) is 6.36. The van der Waals surface area contributed by atoms with E-state index in [0.29, 0.717) is 22.4 Å². The first-order valence-electron chi connectivity index (χ1n) is 6.94. The second-order valence-electron chi connectivity index (χ2n) is 5.51. The number of amides is 1. The van der Waals surface area contributed by atoms with Gasteiger partial charge in [-0.3, -0.25) is 4.79 Å². The van der Waals surface area contributed by atoms with Gasteiger partial charge < -0.3 is 10.6 Å². The van der Waals surface area contributed by atoms with E-state index in [1.807, 2.05) is 11.8 Å². The molecule has 1 aromatic rings. The molecular weight excluding hydrogens is 295 g/mol. The van der Waals surface area contributed by atoms with Gasteiger partial charge in [-0.2, -0.15) is 0 Å². The number of rotatable bonds is 3. The lowest BCUT2D eigenvalue weighted by molar-refractivity contribution is -0.132. The van der Waals surface area contributed by atoms with Crippen molar-refractivity contribution in [2.24, 2.45) is 11.7 Å². The van der Waals surface area contributed by atoms with E-state index in [4.69, 9.17) is 28.9 Å². The maximum atomic E-state index is 12.4. The molecule has 0 spiro atoms. The quantitative estimate of drug-likeness (QED) is 0.931. The van der Waals surface area contributed by atoms with Gasteiger partial charge in [0.25, 0.3) is 0 Å². The van der Waals surface area contributed by atoms with Gasteiger partial charge in [0.15, 0.2) is 0 Å². The van der Waals surface area contributed by atoms with E-state index >= 15 is 0 Å². The highest BCUT2D eigenvalue weighted by molar-refractivity contribution is 6.33. The van der Waals surface area contributed by atoms with Crippen molar-refractivity contribution in [3.63, 3.8) is 0 Å². The number of likely N-dealkylation sites (tertiary alicyclic amines) is 1. The first kappa shape index (κ1) is 15.6. The number of halogens is 2. The monoisotopic (exact) mass is 314 g/mol. The lowest BCUT2D eigenvalue weighted by Crippen LogP contribution is -2.45. The summed E-state index contributed by atoms with van der Waals surface area (Å²) in [5, 5.41) is 1.19. The van der Waals surface area contributed by atoms with Crippen molar-refractivity contribution in [2.45, 2.75) is 32.2 Å². The molecule has 1 heterocycles. The number of carbonyl (C=O) groups is 1. The smallest absolute Gasteiger partial charge is 0.227 e. The molecule has 1 aliphatic rings. The summed E-state index contributed by atoms with van der Waals surface area (Å²) in [6, 6.07) is 5.34. The molecule has 1 fully saturated rings. The Balaban J connectivity index is 2.02. The first-order valence-corrected chi connectivity index (χ1v) is 7.70. The van der Waals surface area contributed by atoms with Crippen LogP contribution in [0, 0.1) is 5.92 Å². The summed E-state index contributed by atoms with van der Waals surface area (Å²) in [5.41, 5.74) is 6.73. The second kappa shape index (κ2) is 6.79. The average molecular weight is 315 g/mol. The van der Waals surface area contributed by atoms with Crippen LogP contribution < -0.4 is 5.73 Å². The molecule has 3 nitrogen and oxygen atoms in total. The molecular formula is C15H20Cl2N2O. The maximum absolute atomic E-state index is 12.4. The number of benzene rings is 1. The van der Waals surface area contributed by atoms with Gasteiger partial charge in [0.1, 0.15) is 0 Å². The van der Waals surface area contributed by atoms with Gasteiger partial charge in [0.2, 0.25) is 5.91 Å². The molecule has 1 aromatic carbocycles. The van der Waals surface area contributed by atoms with Crippen LogP contribution in [-0.4, -0.2) is 29.9 Å². The summed E-state index contributed by atoms with van der Waals surface area (Å²) in [6.07, 6.45) is 2.41. The Morgan fingerprint density at radius 1 is 1.50 bits per heavy atom. The maximum Gasteiger partial charge on any atom is 0.227 e. The normalized spacial score (nSPS) is 20.8. The summed E-state index contributed by atoms with van der Waals surface area (Å²) in [6.45, 7) is 3.56. The Kier molecular flexibility index (Phi) is 5.30. The fraction of sp³-hybridized carbons (Fsp3) is 0.533. The predicted molar refractivity (Wildman–Crippen MR) is 83.1 cm³/mol. The van der Waals surface area contributed by atoms with E-state index in [0.717, 1.165) is 31.5 Å². The number of carbonyl (C=O) groups excluding carboxylic acids is 1. The molecule has 0 unspecified atom stereocenters. The number of nitrogens with two attached hydrogens (primary N) is 1. The first-order chi connectivity index (χ1) is 9.47. The van der Waals surface area contributed by atoms with Gasteiger partial charge in [-0.1, -0.05) is 23.2 Å². The average Bonchev–Trinajstić information content (AvgIpc) is 2.43. The lowest BCUT2D eigenvalue weighted by Gasteiger charge is -2.34. The van der Waals surface area contributed by atoms with Crippen molar-refractivity contribution in [1.82, 2.24) is 4.90 Å². The molecule has 0 radical (unpaired) electrons. The van der Waals surface area contributed by atoms with Crippen LogP contribution in [0.1, 0.15) is 25.3 Å². The van der Waals surface area contributed by atoms with Gasteiger partial charge in [-0.15, -0.1) is 0 Å². The van der Waals surface area contributed by atoms with Gasteiger partial charge in [-0.05, 0) is 49.4 Å². The minimum atomic E-state index is 0.0968. The Morgan fingerprint density at radius 3 is 2.95 bits per heavy atom. The predicted octanol–water partition coefficient (Wildman–Crippen LogP) is 3.12. The van der Waals surface area contributed by atoms with Crippen LogP contribution in [0.4, 0.5) is 0 Å². The highest BCUT2D eigenvalue weighted by atomic mass is 35.5. The lowest BCUT2D eigenvalue weighted by atomic mass is 9.92. The van der Waals surface area contributed by atoms with Crippen molar-refractivity contribution in [3.8, 4) is 0 Å². The molecule has 0 bridgehead atoms. The minimum Gasteiger partial charge on any atom is -0.342 e. The van der Waals surface area contributed by atoms with Gasteiger partial charge in [0, 0.05) is 29.2 Å². The molecule has 5 heteroatoms. The van der Waals surface area contributed by atoms with Crippen molar-refractivity contribution in [3.05, 3.63) is 33.8 Å². The number of hydrogen-bond acceptors (Lipinski definition) is 2. The zero-order chi connectivity index (χ0) is 14.7. The molecule has 2 atom stereocenters.